The molecule has 1 aromatic heterocycles. The average molecular weight is 388 g/mol. The van der Waals surface area contributed by atoms with Gasteiger partial charge < -0.3 is 15.0 Å². The van der Waals surface area contributed by atoms with Crippen molar-refractivity contribution in [1.29, 1.82) is 0 Å². The number of aromatic nitrogens is 2. The molecule has 6 heteroatoms. The van der Waals surface area contributed by atoms with Gasteiger partial charge in [0.1, 0.15) is 11.4 Å². The van der Waals surface area contributed by atoms with Crippen LogP contribution in [0.1, 0.15) is 27.2 Å². The van der Waals surface area contributed by atoms with Crippen molar-refractivity contribution in [3.63, 3.8) is 0 Å². The SMILES string of the molecule is COc1ccc(CCNC(=O)c2ccnc(N3CCc4ccccc4C3)n2)cc1. The first-order valence-corrected chi connectivity index (χ1v) is 9.79. The maximum Gasteiger partial charge on any atom is 0.270 e. The van der Waals surface area contributed by atoms with E-state index >= 15 is 0 Å². The Balaban J connectivity index is 1.36. The quantitative estimate of drug-likeness (QED) is 0.703. The first kappa shape index (κ1) is 18.9. The Hall–Kier alpha value is -3.41. The van der Waals surface area contributed by atoms with Crippen LogP contribution in [0.25, 0.3) is 0 Å². The van der Waals surface area contributed by atoms with Crippen molar-refractivity contribution in [2.24, 2.45) is 0 Å². The van der Waals surface area contributed by atoms with Crippen LogP contribution in [0.5, 0.6) is 5.75 Å². The highest BCUT2D eigenvalue weighted by molar-refractivity contribution is 5.92. The van der Waals surface area contributed by atoms with Gasteiger partial charge in [0.05, 0.1) is 7.11 Å². The first-order chi connectivity index (χ1) is 14.2. The number of hydrogen-bond donors (Lipinski definition) is 1. The minimum Gasteiger partial charge on any atom is -0.497 e. The molecule has 29 heavy (non-hydrogen) atoms. The maximum atomic E-state index is 12.5. The monoisotopic (exact) mass is 388 g/mol. The number of nitrogens with zero attached hydrogens (tertiary/aromatic N) is 3. The van der Waals surface area contributed by atoms with Crippen molar-refractivity contribution in [2.75, 3.05) is 25.1 Å². The fraction of sp³-hybridized carbons (Fsp3) is 0.261. The summed E-state index contributed by atoms with van der Waals surface area (Å²) in [6.07, 6.45) is 3.36. The molecule has 0 saturated carbocycles. The lowest BCUT2D eigenvalue weighted by molar-refractivity contribution is 0.0949. The van der Waals surface area contributed by atoms with Crippen LogP contribution in [0.4, 0.5) is 5.95 Å². The molecule has 148 valence electrons. The average Bonchev–Trinajstić information content (AvgIpc) is 2.79. The molecule has 0 unspecified atom stereocenters. The van der Waals surface area contributed by atoms with Gasteiger partial charge in [-0.25, -0.2) is 9.97 Å². The molecule has 2 aromatic carbocycles. The van der Waals surface area contributed by atoms with E-state index in [2.05, 4.69) is 44.5 Å². The molecular formula is C23H24N4O2. The number of hydrogen-bond acceptors (Lipinski definition) is 5. The summed E-state index contributed by atoms with van der Waals surface area (Å²) in [5, 5.41) is 2.94. The molecule has 1 amide bonds. The lowest BCUT2D eigenvalue weighted by Crippen LogP contribution is -2.33. The fourth-order valence-electron chi connectivity index (χ4n) is 3.50. The Kier molecular flexibility index (Phi) is 5.70. The smallest absolute Gasteiger partial charge is 0.270 e. The van der Waals surface area contributed by atoms with Crippen molar-refractivity contribution in [3.05, 3.63) is 83.2 Å². The van der Waals surface area contributed by atoms with E-state index in [9.17, 15) is 4.79 Å². The van der Waals surface area contributed by atoms with E-state index in [1.165, 1.54) is 11.1 Å². The number of fused-ring (bicyclic) bond motifs is 1. The minimum atomic E-state index is -0.181. The van der Waals surface area contributed by atoms with Crippen LogP contribution in [-0.4, -0.2) is 36.1 Å². The number of carbonyl (C=O) groups is 1. The summed E-state index contributed by atoms with van der Waals surface area (Å²) in [4.78, 5) is 23.5. The van der Waals surface area contributed by atoms with Gasteiger partial charge in [-0.1, -0.05) is 36.4 Å². The second-order valence-electron chi connectivity index (χ2n) is 7.04. The molecule has 0 spiro atoms. The van der Waals surface area contributed by atoms with Gasteiger partial charge in [0.15, 0.2) is 0 Å². The molecule has 0 fully saturated rings. The minimum absolute atomic E-state index is 0.181. The Bertz CT molecular complexity index is 988. The van der Waals surface area contributed by atoms with Crippen molar-refractivity contribution in [1.82, 2.24) is 15.3 Å². The molecule has 3 aromatic rings. The summed E-state index contributed by atoms with van der Waals surface area (Å²) in [7, 11) is 1.65. The first-order valence-electron chi connectivity index (χ1n) is 9.79. The van der Waals surface area contributed by atoms with Crippen molar-refractivity contribution < 1.29 is 9.53 Å². The van der Waals surface area contributed by atoms with Gasteiger partial charge >= 0.3 is 0 Å². The highest BCUT2D eigenvalue weighted by Gasteiger charge is 2.19. The molecule has 0 aliphatic carbocycles. The normalized spacial score (nSPS) is 12.9. The van der Waals surface area contributed by atoms with Gasteiger partial charge in [0.2, 0.25) is 5.95 Å². The number of nitrogens with one attached hydrogen (secondary N) is 1. The molecule has 0 atom stereocenters. The maximum absolute atomic E-state index is 12.5. The highest BCUT2D eigenvalue weighted by Crippen LogP contribution is 2.21. The Morgan fingerprint density at radius 2 is 1.90 bits per heavy atom. The van der Waals surface area contributed by atoms with Gasteiger partial charge in [0, 0.05) is 25.8 Å². The second-order valence-corrected chi connectivity index (χ2v) is 7.04. The van der Waals surface area contributed by atoms with Crippen LogP contribution in [-0.2, 0) is 19.4 Å². The number of anilines is 1. The van der Waals surface area contributed by atoms with Crippen LogP contribution < -0.4 is 15.0 Å². The summed E-state index contributed by atoms with van der Waals surface area (Å²) in [6, 6.07) is 17.9. The van der Waals surface area contributed by atoms with Gasteiger partial charge in [-0.15, -0.1) is 0 Å². The zero-order valence-electron chi connectivity index (χ0n) is 16.5. The zero-order chi connectivity index (χ0) is 20.1. The van der Waals surface area contributed by atoms with Gasteiger partial charge in [0.25, 0.3) is 5.91 Å². The van der Waals surface area contributed by atoms with Crippen LogP contribution in [0, 0.1) is 0 Å². The predicted octanol–water partition coefficient (Wildman–Crippen LogP) is 3.02. The number of amides is 1. The van der Waals surface area contributed by atoms with E-state index in [0.717, 1.165) is 37.2 Å². The van der Waals surface area contributed by atoms with Crippen LogP contribution in [0.2, 0.25) is 0 Å². The van der Waals surface area contributed by atoms with E-state index in [4.69, 9.17) is 4.74 Å². The lowest BCUT2D eigenvalue weighted by Gasteiger charge is -2.28. The van der Waals surface area contributed by atoms with Crippen LogP contribution in [0.15, 0.2) is 60.8 Å². The number of rotatable bonds is 6. The summed E-state index contributed by atoms with van der Waals surface area (Å²) >= 11 is 0. The molecule has 0 bridgehead atoms. The number of methoxy groups -OCH3 is 1. The predicted molar refractivity (Wildman–Crippen MR) is 112 cm³/mol. The van der Waals surface area contributed by atoms with E-state index < -0.39 is 0 Å². The molecule has 1 N–H and O–H groups in total. The Labute approximate surface area is 170 Å². The van der Waals surface area contributed by atoms with Crippen molar-refractivity contribution >= 4 is 11.9 Å². The molecular weight excluding hydrogens is 364 g/mol. The summed E-state index contributed by atoms with van der Waals surface area (Å²) < 4.78 is 5.16. The second kappa shape index (κ2) is 8.73. The topological polar surface area (TPSA) is 67.3 Å². The third-order valence-electron chi connectivity index (χ3n) is 5.15. The number of ether oxygens (including phenoxy) is 1. The largest absolute Gasteiger partial charge is 0.497 e. The molecule has 2 heterocycles. The number of carbonyl (C=O) groups excluding carboxylic acids is 1. The van der Waals surface area contributed by atoms with Gasteiger partial charge in [-0.05, 0) is 47.7 Å². The fourth-order valence-corrected chi connectivity index (χ4v) is 3.50. The standard InChI is InChI=1S/C23H24N4O2/c1-29-20-8-6-17(7-9-20)10-13-24-22(28)21-11-14-25-23(26-21)27-15-12-18-4-2-3-5-19(18)16-27/h2-9,11,14H,10,12-13,15-16H2,1H3,(H,24,28). The third-order valence-corrected chi connectivity index (χ3v) is 5.15. The zero-order valence-corrected chi connectivity index (χ0v) is 16.5. The van der Waals surface area contributed by atoms with Gasteiger partial charge in [-0.2, -0.15) is 0 Å². The molecule has 0 radical (unpaired) electrons. The third kappa shape index (κ3) is 4.54. The van der Waals surface area contributed by atoms with Gasteiger partial charge in [-0.3, -0.25) is 4.79 Å². The summed E-state index contributed by atoms with van der Waals surface area (Å²) in [5.41, 5.74) is 4.19. The summed E-state index contributed by atoms with van der Waals surface area (Å²) in [6.45, 7) is 2.15. The van der Waals surface area contributed by atoms with E-state index in [1.54, 1.807) is 19.4 Å². The lowest BCUT2D eigenvalue weighted by atomic mass is 10.0. The van der Waals surface area contributed by atoms with E-state index in [0.29, 0.717) is 18.2 Å². The van der Waals surface area contributed by atoms with Crippen molar-refractivity contribution in [3.8, 4) is 5.75 Å². The number of benzene rings is 2. The Morgan fingerprint density at radius 3 is 2.69 bits per heavy atom. The van der Waals surface area contributed by atoms with Crippen molar-refractivity contribution in [2.45, 2.75) is 19.4 Å². The van der Waals surface area contributed by atoms with Crippen LogP contribution >= 0.6 is 0 Å². The summed E-state index contributed by atoms with van der Waals surface area (Å²) in [5.74, 6) is 1.24. The van der Waals surface area contributed by atoms with Crippen LogP contribution in [0.3, 0.4) is 0 Å². The van der Waals surface area contributed by atoms with E-state index in [1.807, 2.05) is 24.3 Å². The molecule has 4 rings (SSSR count). The molecule has 0 saturated heterocycles. The van der Waals surface area contributed by atoms with E-state index in [-0.39, 0.29) is 5.91 Å². The molecule has 6 nitrogen and oxygen atoms in total. The highest BCUT2D eigenvalue weighted by atomic mass is 16.5. The Morgan fingerprint density at radius 1 is 1.10 bits per heavy atom. The molecule has 1 aliphatic heterocycles. The molecule has 1 aliphatic rings.